The molecule has 25 heavy (non-hydrogen) atoms. The molecule has 5 atom stereocenters. The van der Waals surface area contributed by atoms with Crippen molar-refractivity contribution in [2.24, 2.45) is 17.8 Å². The van der Waals surface area contributed by atoms with E-state index in [-0.39, 0.29) is 41.9 Å². The highest BCUT2D eigenvalue weighted by Gasteiger charge is 2.65. The van der Waals surface area contributed by atoms with Crippen molar-refractivity contribution in [3.05, 3.63) is 12.7 Å². The molecule has 3 aliphatic heterocycles. The van der Waals surface area contributed by atoms with E-state index in [1.54, 1.807) is 0 Å². The Kier molecular flexibility index (Phi) is 4.27. The molecule has 0 amide bonds. The monoisotopic (exact) mass is 350 g/mol. The van der Waals surface area contributed by atoms with Gasteiger partial charge < -0.3 is 18.9 Å². The summed E-state index contributed by atoms with van der Waals surface area (Å²) in [5.41, 5.74) is 0. The number of ether oxygens (including phenoxy) is 4. The van der Waals surface area contributed by atoms with E-state index in [4.69, 9.17) is 18.9 Å². The first-order valence-corrected chi connectivity index (χ1v) is 8.92. The summed E-state index contributed by atoms with van der Waals surface area (Å²) in [5.74, 6) is -0.942. The van der Waals surface area contributed by atoms with E-state index in [0.29, 0.717) is 25.9 Å². The molecular weight excluding hydrogens is 328 g/mol. The van der Waals surface area contributed by atoms with Gasteiger partial charge in [0.1, 0.15) is 6.10 Å². The molecule has 3 heterocycles. The Hall–Kier alpha value is -1.89. The molecule has 136 valence electrons. The van der Waals surface area contributed by atoms with Crippen LogP contribution in [0.4, 0.5) is 0 Å². The summed E-state index contributed by atoms with van der Waals surface area (Å²) in [7, 11) is 0. The summed E-state index contributed by atoms with van der Waals surface area (Å²) in [6.07, 6.45) is 3.43. The van der Waals surface area contributed by atoms with Gasteiger partial charge in [-0.2, -0.15) is 0 Å². The third-order valence-electron chi connectivity index (χ3n) is 5.84. The van der Waals surface area contributed by atoms with Crippen molar-refractivity contribution in [1.82, 2.24) is 0 Å². The van der Waals surface area contributed by atoms with E-state index in [0.717, 1.165) is 18.9 Å². The van der Waals surface area contributed by atoms with E-state index in [1.165, 1.54) is 0 Å². The summed E-state index contributed by atoms with van der Waals surface area (Å²) in [5, 5.41) is 0. The molecule has 7 nitrogen and oxygen atoms in total. The van der Waals surface area contributed by atoms with Crippen molar-refractivity contribution in [3.63, 3.8) is 0 Å². The Bertz CT molecular complexity index is 592. The van der Waals surface area contributed by atoms with E-state index < -0.39 is 18.2 Å². The zero-order valence-electron chi connectivity index (χ0n) is 13.9. The van der Waals surface area contributed by atoms with Gasteiger partial charge in [-0.05, 0) is 38.0 Å². The van der Waals surface area contributed by atoms with Gasteiger partial charge in [0.05, 0.1) is 24.5 Å². The molecule has 3 saturated heterocycles. The summed E-state index contributed by atoms with van der Waals surface area (Å²) >= 11 is 0. The predicted molar refractivity (Wildman–Crippen MR) is 83.1 cm³/mol. The molecule has 4 rings (SSSR count). The van der Waals surface area contributed by atoms with Crippen LogP contribution in [0, 0.1) is 17.8 Å². The van der Waals surface area contributed by atoms with Gasteiger partial charge in [-0.3, -0.25) is 9.59 Å². The minimum absolute atomic E-state index is 0.154. The van der Waals surface area contributed by atoms with Crippen LogP contribution in [0.5, 0.6) is 0 Å². The lowest BCUT2D eigenvalue weighted by molar-refractivity contribution is -0.165. The smallest absolute Gasteiger partial charge is 0.330 e. The summed E-state index contributed by atoms with van der Waals surface area (Å²) in [4.78, 5) is 35.3. The number of carbonyl (C=O) groups is 3. The molecule has 5 unspecified atom stereocenters. The number of hydrogen-bond donors (Lipinski definition) is 0. The SMILES string of the molecule is C=CC(=O)OCC1CCC(C(=O)OC2C3CC4C(=O)OC2C4O3)CC1. The normalized spacial score (nSPS) is 41.3. The lowest BCUT2D eigenvalue weighted by Crippen LogP contribution is -2.41. The Morgan fingerprint density at radius 3 is 2.68 bits per heavy atom. The Morgan fingerprint density at radius 1 is 1.20 bits per heavy atom. The lowest BCUT2D eigenvalue weighted by atomic mass is 9.82. The summed E-state index contributed by atoms with van der Waals surface area (Å²) in [6, 6.07) is 0. The number of carbonyl (C=O) groups excluding carboxylic acids is 3. The van der Waals surface area contributed by atoms with Crippen LogP contribution in [0.3, 0.4) is 0 Å². The minimum Gasteiger partial charge on any atom is -0.462 e. The topological polar surface area (TPSA) is 88.1 Å². The van der Waals surface area contributed by atoms with Crippen molar-refractivity contribution in [2.75, 3.05) is 6.61 Å². The fraction of sp³-hybridized carbons (Fsp3) is 0.722. The molecule has 4 fully saturated rings. The van der Waals surface area contributed by atoms with Crippen molar-refractivity contribution in [3.8, 4) is 0 Å². The molecule has 0 spiro atoms. The molecule has 2 bridgehead atoms. The molecule has 7 heteroatoms. The van der Waals surface area contributed by atoms with Gasteiger partial charge in [-0.25, -0.2) is 4.79 Å². The van der Waals surface area contributed by atoms with Crippen LogP contribution >= 0.6 is 0 Å². The van der Waals surface area contributed by atoms with Gasteiger partial charge in [0.2, 0.25) is 0 Å². The molecule has 0 N–H and O–H groups in total. The molecule has 0 aromatic heterocycles. The van der Waals surface area contributed by atoms with Gasteiger partial charge in [0.15, 0.2) is 12.2 Å². The van der Waals surface area contributed by atoms with Crippen LogP contribution < -0.4 is 0 Å². The highest BCUT2D eigenvalue weighted by molar-refractivity contribution is 5.81. The number of rotatable bonds is 5. The average molecular weight is 350 g/mol. The third-order valence-corrected chi connectivity index (χ3v) is 5.84. The molecular formula is C18H22O7. The van der Waals surface area contributed by atoms with Gasteiger partial charge in [0, 0.05) is 6.08 Å². The average Bonchev–Trinajstić information content (AvgIpc) is 3.25. The zero-order chi connectivity index (χ0) is 17.6. The van der Waals surface area contributed by atoms with Crippen LogP contribution in [0.25, 0.3) is 0 Å². The molecule has 1 saturated carbocycles. The Balaban J connectivity index is 1.26. The number of esters is 3. The second-order valence-corrected chi connectivity index (χ2v) is 7.34. The van der Waals surface area contributed by atoms with Gasteiger partial charge in [0.25, 0.3) is 0 Å². The predicted octanol–water partition coefficient (Wildman–Crippen LogP) is 1.15. The van der Waals surface area contributed by atoms with E-state index in [9.17, 15) is 14.4 Å². The fourth-order valence-corrected chi connectivity index (χ4v) is 4.44. The summed E-state index contributed by atoms with van der Waals surface area (Å²) in [6.45, 7) is 3.74. The quantitative estimate of drug-likeness (QED) is 0.417. The number of fused-ring (bicyclic) bond motifs is 1. The minimum atomic E-state index is -0.466. The van der Waals surface area contributed by atoms with E-state index in [1.807, 2.05) is 0 Å². The van der Waals surface area contributed by atoms with Crippen LogP contribution in [0.2, 0.25) is 0 Å². The lowest BCUT2D eigenvalue weighted by Gasteiger charge is -2.29. The molecule has 1 aliphatic carbocycles. The Morgan fingerprint density at radius 2 is 1.96 bits per heavy atom. The van der Waals surface area contributed by atoms with Crippen molar-refractivity contribution in [2.45, 2.75) is 56.5 Å². The number of hydrogen-bond acceptors (Lipinski definition) is 7. The van der Waals surface area contributed by atoms with Crippen LogP contribution in [-0.4, -0.2) is 48.9 Å². The highest BCUT2D eigenvalue weighted by Crippen LogP contribution is 2.47. The van der Waals surface area contributed by atoms with Crippen molar-refractivity contribution in [1.29, 1.82) is 0 Å². The fourth-order valence-electron chi connectivity index (χ4n) is 4.44. The first-order chi connectivity index (χ1) is 12.1. The van der Waals surface area contributed by atoms with E-state index in [2.05, 4.69) is 6.58 Å². The second-order valence-electron chi connectivity index (χ2n) is 7.34. The van der Waals surface area contributed by atoms with Crippen LogP contribution in [0.1, 0.15) is 32.1 Å². The van der Waals surface area contributed by atoms with Crippen molar-refractivity contribution < 1.29 is 33.3 Å². The largest absolute Gasteiger partial charge is 0.462 e. The molecule has 0 radical (unpaired) electrons. The van der Waals surface area contributed by atoms with Gasteiger partial charge >= 0.3 is 17.9 Å². The first kappa shape index (κ1) is 16.6. The van der Waals surface area contributed by atoms with E-state index >= 15 is 0 Å². The first-order valence-electron chi connectivity index (χ1n) is 8.92. The highest BCUT2D eigenvalue weighted by atomic mass is 16.7. The maximum absolute atomic E-state index is 12.5. The second kappa shape index (κ2) is 6.44. The molecule has 0 aromatic rings. The molecule has 4 aliphatic rings. The van der Waals surface area contributed by atoms with Gasteiger partial charge in [-0.1, -0.05) is 6.58 Å². The third kappa shape index (κ3) is 2.94. The van der Waals surface area contributed by atoms with Crippen molar-refractivity contribution >= 4 is 17.9 Å². The van der Waals surface area contributed by atoms with Crippen LogP contribution in [-0.2, 0) is 33.3 Å². The van der Waals surface area contributed by atoms with Crippen LogP contribution in [0.15, 0.2) is 12.7 Å². The zero-order valence-corrected chi connectivity index (χ0v) is 13.9. The maximum atomic E-state index is 12.5. The standard InChI is InChI=1S/C18H22O7/c1-2-13(19)22-8-9-3-5-10(6-4-9)17(20)24-15-12-7-11-14(23-12)16(15)25-18(11)21/h2,9-12,14-16H,1,3-8H2. The Labute approximate surface area is 145 Å². The summed E-state index contributed by atoms with van der Waals surface area (Å²) < 4.78 is 21.8. The molecule has 0 aromatic carbocycles. The van der Waals surface area contributed by atoms with Gasteiger partial charge in [-0.15, -0.1) is 0 Å². The maximum Gasteiger partial charge on any atom is 0.330 e.